The smallest absolute Gasteiger partial charge is 0.343 e. The maximum atomic E-state index is 12.2. The van der Waals surface area contributed by atoms with Crippen LogP contribution in [0.4, 0.5) is 5.69 Å². The first-order valence-corrected chi connectivity index (χ1v) is 7.36. The van der Waals surface area contributed by atoms with Gasteiger partial charge in [0.1, 0.15) is 5.75 Å². The molecule has 1 aliphatic rings. The van der Waals surface area contributed by atoms with Gasteiger partial charge in [-0.2, -0.15) is 0 Å². The highest BCUT2D eigenvalue weighted by Gasteiger charge is 2.18. The van der Waals surface area contributed by atoms with E-state index in [0.717, 1.165) is 5.56 Å². The molecule has 24 heavy (non-hydrogen) atoms. The number of benzene rings is 2. The third kappa shape index (κ3) is 3.35. The molecule has 1 aliphatic heterocycles. The number of carbonyl (C=O) groups is 2. The molecular weight excluding hydrogens is 308 g/mol. The monoisotopic (exact) mass is 324 g/mol. The summed E-state index contributed by atoms with van der Waals surface area (Å²) in [5, 5.41) is 2.77. The van der Waals surface area contributed by atoms with Gasteiger partial charge in [0.2, 0.25) is 0 Å². The van der Waals surface area contributed by atoms with Crippen molar-refractivity contribution in [3.63, 3.8) is 0 Å². The number of fused-ring (bicyclic) bond motifs is 1. The van der Waals surface area contributed by atoms with E-state index in [4.69, 9.17) is 16.2 Å². The summed E-state index contributed by atoms with van der Waals surface area (Å²) in [5.41, 5.74) is 13.0. The number of guanidine groups is 1. The Bertz CT molecular complexity index is 824. The molecule has 0 saturated heterocycles. The van der Waals surface area contributed by atoms with Crippen LogP contribution in [0.1, 0.15) is 26.3 Å². The van der Waals surface area contributed by atoms with E-state index in [2.05, 4.69) is 10.3 Å². The fourth-order valence-electron chi connectivity index (χ4n) is 2.45. The van der Waals surface area contributed by atoms with Crippen molar-refractivity contribution in [3.05, 3.63) is 59.2 Å². The van der Waals surface area contributed by atoms with Crippen molar-refractivity contribution in [1.29, 1.82) is 0 Å². The zero-order valence-electron chi connectivity index (χ0n) is 12.8. The molecule has 0 fully saturated rings. The standard InChI is InChI=1S/C17H16N4O3/c18-17(19)21-12-3-1-10(2-4-12)16(23)24-13-5-6-14-11(9-13)7-8-20-15(14)22/h1-6,9H,7-8H2,(H,20,22)(H4,18,19,21). The molecule has 3 rings (SSSR count). The van der Waals surface area contributed by atoms with Crippen molar-refractivity contribution in [3.8, 4) is 5.75 Å². The molecule has 2 aromatic rings. The van der Waals surface area contributed by atoms with Gasteiger partial charge in [0.05, 0.1) is 11.3 Å². The lowest BCUT2D eigenvalue weighted by Crippen LogP contribution is -2.31. The number of nitrogens with one attached hydrogen (secondary N) is 1. The van der Waals surface area contributed by atoms with Crippen LogP contribution >= 0.6 is 0 Å². The van der Waals surface area contributed by atoms with Gasteiger partial charge < -0.3 is 21.5 Å². The van der Waals surface area contributed by atoms with E-state index in [-0.39, 0.29) is 11.9 Å². The van der Waals surface area contributed by atoms with Gasteiger partial charge in [-0.15, -0.1) is 0 Å². The molecule has 0 unspecified atom stereocenters. The van der Waals surface area contributed by atoms with E-state index in [9.17, 15) is 9.59 Å². The van der Waals surface area contributed by atoms with Gasteiger partial charge in [0, 0.05) is 12.1 Å². The molecule has 0 saturated carbocycles. The molecule has 0 aliphatic carbocycles. The summed E-state index contributed by atoms with van der Waals surface area (Å²) >= 11 is 0. The van der Waals surface area contributed by atoms with E-state index in [1.54, 1.807) is 42.5 Å². The molecule has 0 radical (unpaired) electrons. The molecule has 1 heterocycles. The largest absolute Gasteiger partial charge is 0.423 e. The van der Waals surface area contributed by atoms with Crippen LogP contribution in [0.5, 0.6) is 5.75 Å². The van der Waals surface area contributed by atoms with E-state index in [1.807, 2.05) is 0 Å². The summed E-state index contributed by atoms with van der Waals surface area (Å²) in [4.78, 5) is 27.8. The second-order valence-electron chi connectivity index (χ2n) is 5.30. The van der Waals surface area contributed by atoms with Gasteiger partial charge in [-0.25, -0.2) is 9.79 Å². The van der Waals surface area contributed by atoms with E-state index in [0.29, 0.717) is 35.5 Å². The fraction of sp³-hybridized carbons (Fsp3) is 0.118. The highest BCUT2D eigenvalue weighted by molar-refractivity contribution is 5.97. The molecule has 1 amide bonds. The number of nitrogens with two attached hydrogens (primary N) is 2. The molecule has 0 spiro atoms. The van der Waals surface area contributed by atoms with Gasteiger partial charge in [-0.1, -0.05) is 0 Å². The summed E-state index contributed by atoms with van der Waals surface area (Å²) in [6.07, 6.45) is 0.708. The summed E-state index contributed by atoms with van der Waals surface area (Å²) in [6.45, 7) is 0.579. The number of hydrogen-bond acceptors (Lipinski definition) is 4. The number of ether oxygens (including phenoxy) is 1. The maximum Gasteiger partial charge on any atom is 0.343 e. The minimum atomic E-state index is -0.494. The van der Waals surface area contributed by atoms with Crippen LogP contribution in [-0.2, 0) is 6.42 Å². The van der Waals surface area contributed by atoms with Gasteiger partial charge in [-0.05, 0) is 54.4 Å². The van der Waals surface area contributed by atoms with Gasteiger partial charge in [0.15, 0.2) is 5.96 Å². The lowest BCUT2D eigenvalue weighted by atomic mass is 10.0. The number of rotatable bonds is 3. The Balaban J connectivity index is 1.75. The minimum Gasteiger partial charge on any atom is -0.423 e. The second kappa shape index (κ2) is 6.41. The molecule has 7 heteroatoms. The normalized spacial score (nSPS) is 12.8. The molecule has 2 aromatic carbocycles. The summed E-state index contributed by atoms with van der Waals surface area (Å²) in [6, 6.07) is 11.4. The maximum absolute atomic E-state index is 12.2. The van der Waals surface area contributed by atoms with Crippen LogP contribution in [0.15, 0.2) is 47.5 Å². The lowest BCUT2D eigenvalue weighted by molar-refractivity contribution is 0.0734. The Kier molecular flexibility index (Phi) is 4.15. The predicted molar refractivity (Wildman–Crippen MR) is 89.3 cm³/mol. The number of carbonyl (C=O) groups excluding carboxylic acids is 2. The molecule has 0 bridgehead atoms. The number of aliphatic imine (C=N–C) groups is 1. The van der Waals surface area contributed by atoms with Gasteiger partial charge in [-0.3, -0.25) is 4.79 Å². The Morgan fingerprint density at radius 1 is 1.12 bits per heavy atom. The van der Waals surface area contributed by atoms with Crippen LogP contribution in [0.2, 0.25) is 0 Å². The quantitative estimate of drug-likeness (QED) is 0.338. The fourth-order valence-corrected chi connectivity index (χ4v) is 2.45. The number of nitrogens with zero attached hydrogens (tertiary/aromatic N) is 1. The number of esters is 1. The topological polar surface area (TPSA) is 120 Å². The first-order valence-electron chi connectivity index (χ1n) is 7.36. The van der Waals surface area contributed by atoms with Gasteiger partial charge >= 0.3 is 5.97 Å². The highest BCUT2D eigenvalue weighted by Crippen LogP contribution is 2.22. The van der Waals surface area contributed by atoms with Crippen molar-refractivity contribution in [2.45, 2.75) is 6.42 Å². The number of amides is 1. The Morgan fingerprint density at radius 2 is 1.88 bits per heavy atom. The first-order chi connectivity index (χ1) is 11.5. The van der Waals surface area contributed by atoms with Crippen LogP contribution in [0.3, 0.4) is 0 Å². The molecule has 0 aromatic heterocycles. The van der Waals surface area contributed by atoms with Crippen molar-refractivity contribution in [2.24, 2.45) is 16.5 Å². The average Bonchev–Trinajstić information content (AvgIpc) is 2.55. The van der Waals surface area contributed by atoms with Gasteiger partial charge in [0.25, 0.3) is 5.91 Å². The van der Waals surface area contributed by atoms with Crippen LogP contribution in [-0.4, -0.2) is 24.4 Å². The second-order valence-corrected chi connectivity index (χ2v) is 5.30. The van der Waals surface area contributed by atoms with Crippen molar-refractivity contribution < 1.29 is 14.3 Å². The molecule has 7 nitrogen and oxygen atoms in total. The summed E-state index contributed by atoms with van der Waals surface area (Å²) in [7, 11) is 0. The predicted octanol–water partition coefficient (Wildman–Crippen LogP) is 1.10. The van der Waals surface area contributed by atoms with Crippen LogP contribution < -0.4 is 21.5 Å². The Morgan fingerprint density at radius 3 is 2.58 bits per heavy atom. The van der Waals surface area contributed by atoms with Crippen molar-refractivity contribution >= 4 is 23.5 Å². The van der Waals surface area contributed by atoms with Crippen LogP contribution in [0, 0.1) is 0 Å². The summed E-state index contributed by atoms with van der Waals surface area (Å²) in [5.74, 6) is -0.249. The molecule has 5 N–H and O–H groups in total. The van der Waals surface area contributed by atoms with E-state index < -0.39 is 5.97 Å². The van der Waals surface area contributed by atoms with E-state index >= 15 is 0 Å². The summed E-state index contributed by atoms with van der Waals surface area (Å²) < 4.78 is 5.37. The zero-order chi connectivity index (χ0) is 17.1. The lowest BCUT2D eigenvalue weighted by Gasteiger charge is -2.17. The molecule has 0 atom stereocenters. The third-order valence-corrected chi connectivity index (χ3v) is 3.57. The van der Waals surface area contributed by atoms with Crippen LogP contribution in [0.25, 0.3) is 0 Å². The van der Waals surface area contributed by atoms with E-state index in [1.165, 1.54) is 0 Å². The van der Waals surface area contributed by atoms with Crippen molar-refractivity contribution in [2.75, 3.05) is 6.54 Å². The molecular formula is C17H16N4O3. The minimum absolute atomic E-state index is 0.0524. The SMILES string of the molecule is NC(N)=Nc1ccc(C(=O)Oc2ccc3c(c2)CCNC3=O)cc1. The Hall–Kier alpha value is -3.35. The highest BCUT2D eigenvalue weighted by atomic mass is 16.5. The first kappa shape index (κ1) is 15.5. The Labute approximate surface area is 138 Å². The third-order valence-electron chi connectivity index (χ3n) is 3.57. The van der Waals surface area contributed by atoms with Crippen molar-refractivity contribution in [1.82, 2.24) is 5.32 Å². The number of hydrogen-bond donors (Lipinski definition) is 3. The zero-order valence-corrected chi connectivity index (χ0v) is 12.8. The average molecular weight is 324 g/mol. The molecule has 122 valence electrons.